The predicted molar refractivity (Wildman–Crippen MR) is 105 cm³/mol. The van der Waals surface area contributed by atoms with Gasteiger partial charge in [0.25, 0.3) is 11.8 Å². The fourth-order valence-corrected chi connectivity index (χ4v) is 4.63. The van der Waals surface area contributed by atoms with Crippen molar-refractivity contribution in [2.45, 2.75) is 12.8 Å². The number of rotatable bonds is 4. The standard InChI is InChI=1S/C19H21N3O4S/c1-20-19(24)16-9-2-3-10-17(16)21-18(23)14-7-6-8-15(13-14)22-11-4-5-12-27(22,25)26/h2-3,6-10,13H,4-5,11-12H2,1H3,(H,20,24)(H,21,23). The van der Waals surface area contributed by atoms with Crippen LogP contribution < -0.4 is 14.9 Å². The van der Waals surface area contributed by atoms with E-state index in [9.17, 15) is 18.0 Å². The second kappa shape index (κ2) is 7.79. The minimum Gasteiger partial charge on any atom is -0.355 e. The van der Waals surface area contributed by atoms with Crippen molar-refractivity contribution >= 4 is 33.2 Å². The third kappa shape index (κ3) is 4.11. The van der Waals surface area contributed by atoms with Crippen molar-refractivity contribution < 1.29 is 18.0 Å². The summed E-state index contributed by atoms with van der Waals surface area (Å²) in [6.45, 7) is 0.410. The Kier molecular flexibility index (Phi) is 5.46. The molecule has 0 aromatic heterocycles. The Morgan fingerprint density at radius 2 is 1.78 bits per heavy atom. The summed E-state index contributed by atoms with van der Waals surface area (Å²) in [6.07, 6.45) is 1.43. The number of hydrogen-bond donors (Lipinski definition) is 2. The van der Waals surface area contributed by atoms with E-state index in [4.69, 9.17) is 0 Å². The number of nitrogens with zero attached hydrogens (tertiary/aromatic N) is 1. The highest BCUT2D eigenvalue weighted by Crippen LogP contribution is 2.25. The van der Waals surface area contributed by atoms with Crippen molar-refractivity contribution in [2.24, 2.45) is 0 Å². The largest absolute Gasteiger partial charge is 0.355 e. The maximum atomic E-state index is 12.7. The number of nitrogens with one attached hydrogen (secondary N) is 2. The molecule has 0 radical (unpaired) electrons. The Balaban J connectivity index is 1.86. The van der Waals surface area contributed by atoms with E-state index in [2.05, 4.69) is 10.6 Å². The van der Waals surface area contributed by atoms with Crippen molar-refractivity contribution in [3.63, 3.8) is 0 Å². The minimum absolute atomic E-state index is 0.114. The Morgan fingerprint density at radius 3 is 2.52 bits per heavy atom. The molecule has 0 atom stereocenters. The number of hydrogen-bond acceptors (Lipinski definition) is 4. The molecule has 2 aromatic carbocycles. The zero-order valence-electron chi connectivity index (χ0n) is 14.9. The van der Waals surface area contributed by atoms with E-state index >= 15 is 0 Å². The van der Waals surface area contributed by atoms with Gasteiger partial charge in [0.15, 0.2) is 0 Å². The van der Waals surface area contributed by atoms with E-state index < -0.39 is 15.9 Å². The summed E-state index contributed by atoms with van der Waals surface area (Å²) < 4.78 is 25.9. The summed E-state index contributed by atoms with van der Waals surface area (Å²) in [5, 5.41) is 5.26. The Hall–Kier alpha value is -2.87. The molecule has 1 aliphatic rings. The lowest BCUT2D eigenvalue weighted by atomic mass is 10.1. The van der Waals surface area contributed by atoms with Gasteiger partial charge < -0.3 is 10.6 Å². The van der Waals surface area contributed by atoms with Crippen LogP contribution in [0.5, 0.6) is 0 Å². The Bertz CT molecular complexity index is 972. The first kappa shape index (κ1) is 18.9. The summed E-state index contributed by atoms with van der Waals surface area (Å²) in [6, 6.07) is 13.2. The van der Waals surface area contributed by atoms with Crippen LogP contribution in [0, 0.1) is 0 Å². The van der Waals surface area contributed by atoms with Gasteiger partial charge in [-0.2, -0.15) is 0 Å². The summed E-state index contributed by atoms with van der Waals surface area (Å²) in [5.74, 6) is -0.607. The lowest BCUT2D eigenvalue weighted by molar-refractivity contribution is 0.0964. The zero-order valence-corrected chi connectivity index (χ0v) is 15.8. The van der Waals surface area contributed by atoms with Crippen molar-refractivity contribution in [2.75, 3.05) is 29.0 Å². The van der Waals surface area contributed by atoms with Crippen LogP contribution >= 0.6 is 0 Å². The van der Waals surface area contributed by atoms with Crippen LogP contribution in [0.2, 0.25) is 0 Å². The monoisotopic (exact) mass is 387 g/mol. The van der Waals surface area contributed by atoms with Gasteiger partial charge in [0.05, 0.1) is 22.7 Å². The van der Waals surface area contributed by atoms with Crippen LogP contribution in [0.1, 0.15) is 33.6 Å². The van der Waals surface area contributed by atoms with Gasteiger partial charge in [-0.1, -0.05) is 18.2 Å². The predicted octanol–water partition coefficient (Wildman–Crippen LogP) is 2.23. The smallest absolute Gasteiger partial charge is 0.255 e. The SMILES string of the molecule is CNC(=O)c1ccccc1NC(=O)c1cccc(N2CCCCS2(=O)=O)c1. The molecular formula is C19H21N3O4S. The molecule has 1 fully saturated rings. The number of benzene rings is 2. The van der Waals surface area contributed by atoms with Crippen LogP contribution in [0.4, 0.5) is 11.4 Å². The van der Waals surface area contributed by atoms with E-state index in [1.165, 1.54) is 11.4 Å². The summed E-state index contributed by atoms with van der Waals surface area (Å²) in [7, 11) is -1.83. The maximum absolute atomic E-state index is 12.7. The van der Waals surface area contributed by atoms with Gasteiger partial charge in [-0.05, 0) is 43.2 Å². The molecule has 0 bridgehead atoms. The van der Waals surface area contributed by atoms with Gasteiger partial charge in [0.2, 0.25) is 10.0 Å². The van der Waals surface area contributed by atoms with Crippen LogP contribution in [-0.4, -0.2) is 39.6 Å². The third-order valence-electron chi connectivity index (χ3n) is 4.39. The van der Waals surface area contributed by atoms with Crippen LogP contribution in [0.3, 0.4) is 0 Å². The van der Waals surface area contributed by atoms with E-state index in [1.54, 1.807) is 48.5 Å². The first-order valence-electron chi connectivity index (χ1n) is 8.65. The van der Waals surface area contributed by atoms with Crippen LogP contribution in [-0.2, 0) is 10.0 Å². The topological polar surface area (TPSA) is 95.6 Å². The second-order valence-corrected chi connectivity index (χ2v) is 8.24. The molecule has 7 nitrogen and oxygen atoms in total. The number of para-hydroxylation sites is 1. The molecule has 0 saturated carbocycles. The number of amides is 2. The highest BCUT2D eigenvalue weighted by Gasteiger charge is 2.26. The van der Waals surface area contributed by atoms with E-state index in [-0.39, 0.29) is 11.7 Å². The van der Waals surface area contributed by atoms with E-state index in [0.717, 1.165) is 6.42 Å². The molecule has 1 heterocycles. The average molecular weight is 387 g/mol. The molecule has 0 spiro atoms. The van der Waals surface area contributed by atoms with Gasteiger partial charge in [-0.3, -0.25) is 13.9 Å². The first-order valence-corrected chi connectivity index (χ1v) is 10.3. The molecule has 3 rings (SSSR count). The molecule has 1 saturated heterocycles. The normalized spacial score (nSPS) is 15.8. The Morgan fingerprint density at radius 1 is 1.00 bits per heavy atom. The van der Waals surface area contributed by atoms with Gasteiger partial charge in [-0.15, -0.1) is 0 Å². The van der Waals surface area contributed by atoms with Gasteiger partial charge in [0, 0.05) is 19.2 Å². The quantitative estimate of drug-likeness (QED) is 0.841. The van der Waals surface area contributed by atoms with Gasteiger partial charge in [0.1, 0.15) is 0 Å². The lowest BCUT2D eigenvalue weighted by Gasteiger charge is -2.28. The highest BCUT2D eigenvalue weighted by atomic mass is 32.2. The van der Waals surface area contributed by atoms with Crippen molar-refractivity contribution in [3.8, 4) is 0 Å². The molecular weight excluding hydrogens is 366 g/mol. The first-order chi connectivity index (χ1) is 12.9. The molecule has 1 aliphatic heterocycles. The molecule has 2 amide bonds. The van der Waals surface area contributed by atoms with E-state index in [1.807, 2.05) is 0 Å². The lowest BCUT2D eigenvalue weighted by Crippen LogP contribution is -2.37. The number of anilines is 2. The maximum Gasteiger partial charge on any atom is 0.255 e. The van der Waals surface area contributed by atoms with Crippen molar-refractivity contribution in [3.05, 3.63) is 59.7 Å². The summed E-state index contributed by atoms with van der Waals surface area (Å²) in [5.41, 5.74) is 1.53. The Labute approximate surface area is 158 Å². The second-order valence-electron chi connectivity index (χ2n) is 6.22. The van der Waals surface area contributed by atoms with Gasteiger partial charge >= 0.3 is 0 Å². The fraction of sp³-hybridized carbons (Fsp3) is 0.263. The van der Waals surface area contributed by atoms with Crippen molar-refractivity contribution in [1.29, 1.82) is 0 Å². The average Bonchev–Trinajstić information content (AvgIpc) is 2.67. The number of carbonyl (C=O) groups is 2. The summed E-state index contributed by atoms with van der Waals surface area (Å²) >= 11 is 0. The number of carbonyl (C=O) groups excluding carboxylic acids is 2. The molecule has 2 aromatic rings. The molecule has 0 aliphatic carbocycles. The van der Waals surface area contributed by atoms with Crippen LogP contribution in [0.15, 0.2) is 48.5 Å². The molecule has 2 N–H and O–H groups in total. The summed E-state index contributed by atoms with van der Waals surface area (Å²) in [4.78, 5) is 24.6. The number of sulfonamides is 1. The molecule has 0 unspecified atom stereocenters. The highest BCUT2D eigenvalue weighted by molar-refractivity contribution is 7.92. The zero-order chi connectivity index (χ0) is 19.4. The minimum atomic E-state index is -3.35. The molecule has 8 heteroatoms. The van der Waals surface area contributed by atoms with Gasteiger partial charge in [-0.25, -0.2) is 8.42 Å². The molecule has 142 valence electrons. The fourth-order valence-electron chi connectivity index (χ4n) is 3.00. The third-order valence-corrected chi connectivity index (χ3v) is 6.26. The molecule has 27 heavy (non-hydrogen) atoms. The van der Waals surface area contributed by atoms with Crippen molar-refractivity contribution in [1.82, 2.24) is 5.32 Å². The van der Waals surface area contributed by atoms with E-state index in [0.29, 0.717) is 35.5 Å². The van der Waals surface area contributed by atoms with Crippen LogP contribution in [0.25, 0.3) is 0 Å².